The van der Waals surface area contributed by atoms with Crippen molar-refractivity contribution in [1.29, 1.82) is 5.41 Å². The highest BCUT2D eigenvalue weighted by molar-refractivity contribution is 6.08. The monoisotopic (exact) mass is 210 g/mol. The van der Waals surface area contributed by atoms with Gasteiger partial charge in [0.15, 0.2) is 0 Å². The number of benzene rings is 1. The number of alkyl halides is 2. The minimum absolute atomic E-state index is 0.426. The van der Waals surface area contributed by atoms with Crippen molar-refractivity contribution in [2.24, 2.45) is 0 Å². The molecule has 1 rings (SSSR count). The summed E-state index contributed by atoms with van der Waals surface area (Å²) < 4.78 is 23.8. The van der Waals surface area contributed by atoms with Gasteiger partial charge in [-0.2, -0.15) is 8.78 Å². The lowest BCUT2D eigenvalue weighted by Gasteiger charge is -2.03. The summed E-state index contributed by atoms with van der Waals surface area (Å²) in [6, 6.07) is 7.32. The topological polar surface area (TPSA) is 35.9 Å². The highest BCUT2D eigenvalue weighted by Crippen LogP contribution is 2.12. The molecular formula is C11H12F2N2. The van der Waals surface area contributed by atoms with Crippen LogP contribution in [0.2, 0.25) is 0 Å². The van der Waals surface area contributed by atoms with Gasteiger partial charge in [0.25, 0.3) is 0 Å². The predicted octanol–water partition coefficient (Wildman–Crippen LogP) is 2.80. The van der Waals surface area contributed by atoms with Gasteiger partial charge in [0, 0.05) is 18.0 Å². The summed E-state index contributed by atoms with van der Waals surface area (Å²) in [5.74, 6) is 0. The molecule has 4 heteroatoms. The zero-order chi connectivity index (χ0) is 11.3. The largest absolute Gasteiger partial charge is 0.336 e. The first-order valence-electron chi connectivity index (χ1n) is 4.45. The summed E-state index contributed by atoms with van der Waals surface area (Å²) in [6.45, 7) is -0.667. The van der Waals surface area contributed by atoms with Gasteiger partial charge >= 0.3 is 6.55 Å². The zero-order valence-electron chi connectivity index (χ0n) is 8.30. The fourth-order valence-corrected chi connectivity index (χ4v) is 1.11. The van der Waals surface area contributed by atoms with Crippen LogP contribution in [0.5, 0.6) is 0 Å². The first-order valence-corrected chi connectivity index (χ1v) is 4.45. The minimum atomic E-state index is -2.61. The molecule has 0 aliphatic rings. The maximum Gasteiger partial charge on any atom is 0.312 e. The van der Waals surface area contributed by atoms with Crippen molar-refractivity contribution in [3.63, 3.8) is 0 Å². The first-order chi connectivity index (χ1) is 7.13. The second kappa shape index (κ2) is 5.24. The highest BCUT2D eigenvalue weighted by Gasteiger charge is 2.00. The third kappa shape index (κ3) is 3.50. The number of hydrogen-bond donors (Lipinski definition) is 2. The van der Waals surface area contributed by atoms with Gasteiger partial charge < -0.3 is 10.7 Å². The summed E-state index contributed by atoms with van der Waals surface area (Å²) in [5.41, 5.74) is 2.25. The molecule has 0 fully saturated rings. The number of rotatable bonds is 4. The van der Waals surface area contributed by atoms with E-state index in [1.807, 2.05) is 24.4 Å². The lowest BCUT2D eigenvalue weighted by molar-refractivity contribution is 0.125. The van der Waals surface area contributed by atoms with Crippen LogP contribution >= 0.6 is 0 Å². The zero-order valence-corrected chi connectivity index (χ0v) is 8.30. The molecule has 0 spiro atoms. The lowest BCUT2D eigenvalue weighted by Crippen LogP contribution is -2.13. The quantitative estimate of drug-likeness (QED) is 0.581. The summed E-state index contributed by atoms with van der Waals surface area (Å²) in [4.78, 5) is 0. The molecule has 0 aliphatic heterocycles. The van der Waals surface area contributed by atoms with Crippen LogP contribution in [-0.2, 0) is 0 Å². The van der Waals surface area contributed by atoms with E-state index in [2.05, 4.69) is 0 Å². The van der Waals surface area contributed by atoms with E-state index in [1.165, 1.54) is 0 Å². The van der Waals surface area contributed by atoms with Crippen LogP contribution in [0.4, 0.5) is 8.78 Å². The van der Waals surface area contributed by atoms with E-state index >= 15 is 0 Å². The second-order valence-corrected chi connectivity index (χ2v) is 3.08. The number of halogens is 2. The van der Waals surface area contributed by atoms with Gasteiger partial charge in [0.05, 0.1) is 0 Å². The molecule has 15 heavy (non-hydrogen) atoms. The van der Waals surface area contributed by atoms with Gasteiger partial charge in [0.1, 0.15) is 0 Å². The van der Waals surface area contributed by atoms with Crippen LogP contribution in [0.25, 0.3) is 5.57 Å². The third-order valence-electron chi connectivity index (χ3n) is 1.91. The maximum atomic E-state index is 11.9. The Balaban J connectivity index is 2.87. The van der Waals surface area contributed by atoms with E-state index in [0.717, 1.165) is 23.5 Å². The fourth-order valence-electron chi connectivity index (χ4n) is 1.11. The Morgan fingerprint density at radius 2 is 1.93 bits per heavy atom. The normalized spacial score (nSPS) is 11.6. The van der Waals surface area contributed by atoms with Gasteiger partial charge in [-0.15, -0.1) is 0 Å². The second-order valence-electron chi connectivity index (χ2n) is 3.08. The third-order valence-corrected chi connectivity index (χ3v) is 1.91. The molecule has 0 aliphatic carbocycles. The number of aryl methyl sites for hydroxylation is 1. The number of hydrogen-bond acceptors (Lipinski definition) is 2. The molecule has 80 valence electrons. The minimum Gasteiger partial charge on any atom is -0.336 e. The average Bonchev–Trinajstić information content (AvgIpc) is 2.21. The van der Waals surface area contributed by atoms with Crippen LogP contribution in [0.1, 0.15) is 11.1 Å². The molecule has 0 heterocycles. The van der Waals surface area contributed by atoms with Crippen molar-refractivity contribution in [2.45, 2.75) is 13.5 Å². The molecule has 0 saturated carbocycles. The summed E-state index contributed by atoms with van der Waals surface area (Å²) in [6.07, 6.45) is 2.18. The van der Waals surface area contributed by atoms with Crippen molar-refractivity contribution in [1.82, 2.24) is 5.32 Å². The van der Waals surface area contributed by atoms with E-state index in [0.29, 0.717) is 5.57 Å². The highest BCUT2D eigenvalue weighted by atomic mass is 19.3. The molecule has 0 atom stereocenters. The Morgan fingerprint density at radius 3 is 2.40 bits per heavy atom. The van der Waals surface area contributed by atoms with Gasteiger partial charge in [-0.25, -0.2) is 0 Å². The van der Waals surface area contributed by atoms with Crippen molar-refractivity contribution < 1.29 is 8.78 Å². The van der Waals surface area contributed by atoms with E-state index < -0.39 is 6.55 Å². The van der Waals surface area contributed by atoms with Crippen molar-refractivity contribution in [3.05, 3.63) is 41.6 Å². The molecular weight excluding hydrogens is 198 g/mol. The van der Waals surface area contributed by atoms with E-state index in [9.17, 15) is 8.78 Å². The Labute approximate surface area is 87.1 Å². The Kier molecular flexibility index (Phi) is 3.97. The van der Waals surface area contributed by atoms with Crippen LogP contribution in [0.15, 0.2) is 30.5 Å². The van der Waals surface area contributed by atoms with Crippen LogP contribution in [-0.4, -0.2) is 12.8 Å². The first kappa shape index (κ1) is 11.4. The molecule has 0 bridgehead atoms. The number of allylic oxidation sites excluding steroid dienone is 1. The van der Waals surface area contributed by atoms with E-state index in [-0.39, 0.29) is 0 Å². The molecule has 1 aromatic carbocycles. The van der Waals surface area contributed by atoms with Crippen LogP contribution in [0.3, 0.4) is 0 Å². The van der Waals surface area contributed by atoms with Crippen molar-refractivity contribution in [2.75, 3.05) is 0 Å². The molecule has 0 radical (unpaired) electrons. The summed E-state index contributed by atoms with van der Waals surface area (Å²) >= 11 is 0. The van der Waals surface area contributed by atoms with Crippen LogP contribution < -0.4 is 5.32 Å². The molecule has 2 nitrogen and oxygen atoms in total. The smallest absolute Gasteiger partial charge is 0.312 e. The van der Waals surface area contributed by atoms with E-state index in [4.69, 9.17) is 5.41 Å². The van der Waals surface area contributed by atoms with Gasteiger partial charge in [-0.1, -0.05) is 29.8 Å². The Bertz CT molecular complexity index is 355. The molecule has 0 saturated heterocycles. The SMILES string of the molecule is Cc1ccc(/C(C=N)=C/NC(F)F)cc1. The Hall–Kier alpha value is -1.71. The van der Waals surface area contributed by atoms with Gasteiger partial charge in [-0.05, 0) is 12.5 Å². The molecule has 0 unspecified atom stereocenters. The molecule has 0 amide bonds. The van der Waals surface area contributed by atoms with Crippen molar-refractivity contribution >= 4 is 11.8 Å². The average molecular weight is 210 g/mol. The molecule has 0 aromatic heterocycles. The standard InChI is InChI=1S/C11H12F2N2/c1-8-2-4-9(5-3-8)10(6-14)7-15-11(12)13/h2-7,11,14-15H,1H3/b10-7+,14-6?. The Morgan fingerprint density at radius 1 is 1.33 bits per heavy atom. The predicted molar refractivity (Wildman–Crippen MR) is 57.1 cm³/mol. The van der Waals surface area contributed by atoms with Gasteiger partial charge in [-0.3, -0.25) is 0 Å². The summed E-state index contributed by atoms with van der Waals surface area (Å²) in [7, 11) is 0. The fraction of sp³-hybridized carbons (Fsp3) is 0.182. The van der Waals surface area contributed by atoms with Crippen molar-refractivity contribution in [3.8, 4) is 0 Å². The number of nitrogens with one attached hydrogen (secondary N) is 2. The van der Waals surface area contributed by atoms with E-state index in [1.54, 1.807) is 12.1 Å². The van der Waals surface area contributed by atoms with Gasteiger partial charge in [0.2, 0.25) is 0 Å². The molecule has 1 aromatic rings. The summed E-state index contributed by atoms with van der Waals surface area (Å²) in [5, 5.41) is 8.98. The maximum absolute atomic E-state index is 11.9. The van der Waals surface area contributed by atoms with Crippen LogP contribution in [0, 0.1) is 12.3 Å². The lowest BCUT2D eigenvalue weighted by atomic mass is 10.1. The molecule has 2 N–H and O–H groups in total.